The van der Waals surface area contributed by atoms with Crippen molar-refractivity contribution in [2.45, 2.75) is 44.6 Å². The van der Waals surface area contributed by atoms with Gasteiger partial charge in [0, 0.05) is 37.1 Å². The summed E-state index contributed by atoms with van der Waals surface area (Å²) in [6.45, 7) is 7.61. The van der Waals surface area contributed by atoms with E-state index in [9.17, 15) is 5.11 Å². The van der Waals surface area contributed by atoms with E-state index in [1.807, 2.05) is 0 Å². The van der Waals surface area contributed by atoms with Crippen molar-refractivity contribution in [1.82, 2.24) is 9.88 Å². The first-order valence-corrected chi connectivity index (χ1v) is 11.9. The molecule has 5 rings (SSSR count). The van der Waals surface area contributed by atoms with Gasteiger partial charge in [-0.1, -0.05) is 55.5 Å². The molecule has 1 aliphatic heterocycles. The summed E-state index contributed by atoms with van der Waals surface area (Å²) in [4.78, 5) is 10.1. The fourth-order valence-electron chi connectivity index (χ4n) is 5.18. The first kappa shape index (κ1) is 20.5. The molecule has 0 radical (unpaired) electrons. The predicted molar refractivity (Wildman–Crippen MR) is 129 cm³/mol. The van der Waals surface area contributed by atoms with Crippen molar-refractivity contribution < 1.29 is 5.11 Å². The molecular formula is C27H33N3O. The molecule has 1 N–H and O–H groups in total. The number of benzene rings is 2. The van der Waals surface area contributed by atoms with Gasteiger partial charge in [0.25, 0.3) is 0 Å². The van der Waals surface area contributed by atoms with E-state index in [2.05, 4.69) is 71.3 Å². The Bertz CT molecular complexity index is 1020. The van der Waals surface area contributed by atoms with Crippen LogP contribution in [0.2, 0.25) is 0 Å². The summed E-state index contributed by atoms with van der Waals surface area (Å²) in [5, 5.41) is 12.3. The molecule has 2 aromatic carbocycles. The molecule has 1 aromatic heterocycles. The Kier molecular flexibility index (Phi) is 5.93. The normalized spacial score (nSPS) is 22.7. The van der Waals surface area contributed by atoms with Gasteiger partial charge < -0.3 is 14.9 Å². The van der Waals surface area contributed by atoms with E-state index in [0.29, 0.717) is 5.92 Å². The minimum atomic E-state index is -0.102. The SMILES string of the molecule is CCN1CCN(c2nc(-c3ccc(C4CCC(O)CC4)cc3)cc3ccccc23)CC1. The van der Waals surface area contributed by atoms with Crippen LogP contribution in [0.3, 0.4) is 0 Å². The van der Waals surface area contributed by atoms with Gasteiger partial charge in [0.1, 0.15) is 5.82 Å². The van der Waals surface area contributed by atoms with E-state index in [-0.39, 0.29) is 6.10 Å². The zero-order chi connectivity index (χ0) is 21.2. The number of aliphatic hydroxyl groups excluding tert-OH is 1. The van der Waals surface area contributed by atoms with Gasteiger partial charge in [-0.15, -0.1) is 0 Å². The number of piperazine rings is 1. The van der Waals surface area contributed by atoms with Gasteiger partial charge >= 0.3 is 0 Å². The summed E-state index contributed by atoms with van der Waals surface area (Å²) < 4.78 is 0. The molecule has 162 valence electrons. The number of fused-ring (bicyclic) bond motifs is 1. The third-order valence-electron chi connectivity index (χ3n) is 7.21. The maximum Gasteiger partial charge on any atom is 0.137 e. The monoisotopic (exact) mass is 415 g/mol. The molecule has 4 heteroatoms. The molecule has 31 heavy (non-hydrogen) atoms. The van der Waals surface area contributed by atoms with Crippen molar-refractivity contribution in [3.63, 3.8) is 0 Å². The first-order valence-electron chi connectivity index (χ1n) is 11.9. The Balaban J connectivity index is 1.45. The number of likely N-dealkylation sites (N-methyl/N-ethyl adjacent to an activating group) is 1. The topological polar surface area (TPSA) is 39.6 Å². The number of hydrogen-bond donors (Lipinski definition) is 1. The highest BCUT2D eigenvalue weighted by atomic mass is 16.3. The van der Waals surface area contributed by atoms with Gasteiger partial charge in [0.15, 0.2) is 0 Å². The lowest BCUT2D eigenvalue weighted by molar-refractivity contribution is 0.122. The van der Waals surface area contributed by atoms with Gasteiger partial charge in [0.2, 0.25) is 0 Å². The van der Waals surface area contributed by atoms with E-state index >= 15 is 0 Å². The van der Waals surface area contributed by atoms with E-state index in [1.165, 1.54) is 21.9 Å². The molecule has 3 aromatic rings. The Labute approximate surface area is 185 Å². The van der Waals surface area contributed by atoms with Crippen LogP contribution >= 0.6 is 0 Å². The number of anilines is 1. The zero-order valence-electron chi connectivity index (χ0n) is 18.5. The maximum absolute atomic E-state index is 9.80. The predicted octanol–water partition coefficient (Wildman–Crippen LogP) is 5.06. The summed E-state index contributed by atoms with van der Waals surface area (Å²) in [5.41, 5.74) is 3.63. The zero-order valence-corrected chi connectivity index (χ0v) is 18.5. The largest absolute Gasteiger partial charge is 0.393 e. The molecule has 1 saturated carbocycles. The second-order valence-electron chi connectivity index (χ2n) is 9.10. The fourth-order valence-corrected chi connectivity index (χ4v) is 5.18. The third kappa shape index (κ3) is 4.32. The van der Waals surface area contributed by atoms with Crippen LogP contribution in [0.15, 0.2) is 54.6 Å². The van der Waals surface area contributed by atoms with Gasteiger partial charge in [-0.25, -0.2) is 4.98 Å². The van der Waals surface area contributed by atoms with Crippen LogP contribution in [-0.2, 0) is 0 Å². The maximum atomic E-state index is 9.80. The molecule has 2 fully saturated rings. The van der Waals surface area contributed by atoms with Gasteiger partial charge in [0.05, 0.1) is 11.8 Å². The Hall–Kier alpha value is -2.43. The molecule has 2 heterocycles. The van der Waals surface area contributed by atoms with Gasteiger partial charge in [-0.2, -0.15) is 0 Å². The molecular weight excluding hydrogens is 382 g/mol. The number of nitrogens with zero attached hydrogens (tertiary/aromatic N) is 3. The highest BCUT2D eigenvalue weighted by Crippen LogP contribution is 2.35. The van der Waals surface area contributed by atoms with E-state index < -0.39 is 0 Å². The summed E-state index contributed by atoms with van der Waals surface area (Å²) >= 11 is 0. The number of pyridine rings is 1. The first-order chi connectivity index (χ1) is 15.2. The molecule has 4 nitrogen and oxygen atoms in total. The van der Waals surface area contributed by atoms with Crippen molar-refractivity contribution in [2.75, 3.05) is 37.6 Å². The second kappa shape index (κ2) is 8.97. The summed E-state index contributed by atoms with van der Waals surface area (Å²) in [6.07, 6.45) is 3.92. The fraction of sp³-hybridized carbons (Fsp3) is 0.444. The molecule has 0 spiro atoms. The van der Waals surface area contributed by atoms with Crippen LogP contribution in [0.1, 0.15) is 44.1 Å². The second-order valence-corrected chi connectivity index (χ2v) is 9.10. The molecule has 0 bridgehead atoms. The Morgan fingerprint density at radius 2 is 1.61 bits per heavy atom. The lowest BCUT2D eigenvalue weighted by atomic mass is 9.82. The molecule has 1 aliphatic carbocycles. The molecule has 0 amide bonds. The van der Waals surface area contributed by atoms with E-state index in [4.69, 9.17) is 4.98 Å². The van der Waals surface area contributed by atoms with Crippen molar-refractivity contribution in [3.8, 4) is 11.3 Å². The lowest BCUT2D eigenvalue weighted by Gasteiger charge is -2.35. The van der Waals surface area contributed by atoms with Crippen LogP contribution in [0.4, 0.5) is 5.82 Å². The van der Waals surface area contributed by atoms with Gasteiger partial charge in [-0.3, -0.25) is 0 Å². The third-order valence-corrected chi connectivity index (χ3v) is 7.21. The Morgan fingerprint density at radius 3 is 2.32 bits per heavy atom. The van der Waals surface area contributed by atoms with Crippen molar-refractivity contribution in [1.29, 1.82) is 0 Å². The van der Waals surface area contributed by atoms with Crippen molar-refractivity contribution in [2.24, 2.45) is 0 Å². The van der Waals surface area contributed by atoms with Crippen LogP contribution in [-0.4, -0.2) is 53.8 Å². The Morgan fingerprint density at radius 1 is 0.903 bits per heavy atom. The minimum Gasteiger partial charge on any atom is -0.393 e. The highest BCUT2D eigenvalue weighted by Gasteiger charge is 2.22. The molecule has 0 atom stereocenters. The van der Waals surface area contributed by atoms with Crippen molar-refractivity contribution >= 4 is 16.6 Å². The quantitative estimate of drug-likeness (QED) is 0.646. The smallest absolute Gasteiger partial charge is 0.137 e. The van der Waals surface area contributed by atoms with Crippen LogP contribution in [0.5, 0.6) is 0 Å². The van der Waals surface area contributed by atoms with Crippen LogP contribution in [0, 0.1) is 0 Å². The standard InChI is InChI=1S/C27H33N3O/c1-2-29-15-17-30(18-16-29)27-25-6-4-3-5-23(25)19-26(28-27)22-9-7-20(8-10-22)21-11-13-24(31)14-12-21/h3-10,19,21,24,31H,2,11-18H2,1H3. The highest BCUT2D eigenvalue weighted by molar-refractivity contribution is 5.95. The van der Waals surface area contributed by atoms with Crippen LogP contribution in [0.25, 0.3) is 22.0 Å². The number of hydrogen-bond acceptors (Lipinski definition) is 4. The average molecular weight is 416 g/mol. The van der Waals surface area contributed by atoms with Crippen molar-refractivity contribution in [3.05, 3.63) is 60.2 Å². The number of rotatable bonds is 4. The van der Waals surface area contributed by atoms with E-state index in [0.717, 1.165) is 69.9 Å². The summed E-state index contributed by atoms with van der Waals surface area (Å²) in [6, 6.07) is 19.9. The summed E-state index contributed by atoms with van der Waals surface area (Å²) in [7, 11) is 0. The van der Waals surface area contributed by atoms with Gasteiger partial charge in [-0.05, 0) is 55.2 Å². The van der Waals surface area contributed by atoms with Crippen LogP contribution < -0.4 is 4.90 Å². The van der Waals surface area contributed by atoms with E-state index in [1.54, 1.807) is 0 Å². The minimum absolute atomic E-state index is 0.102. The summed E-state index contributed by atoms with van der Waals surface area (Å²) in [5.74, 6) is 1.70. The molecule has 1 saturated heterocycles. The number of aromatic nitrogens is 1. The lowest BCUT2D eigenvalue weighted by Crippen LogP contribution is -2.46. The number of aliphatic hydroxyl groups is 1. The average Bonchev–Trinajstić information content (AvgIpc) is 2.84. The molecule has 0 unspecified atom stereocenters. The molecule has 2 aliphatic rings.